The van der Waals surface area contributed by atoms with Crippen molar-refractivity contribution >= 4 is 11.7 Å². The number of benzene rings is 1. The van der Waals surface area contributed by atoms with Gasteiger partial charge in [0, 0.05) is 32.0 Å². The van der Waals surface area contributed by atoms with Crippen LogP contribution in [0, 0.1) is 19.8 Å². The number of nitrogens with zero attached hydrogens (tertiary/aromatic N) is 3. The smallest absolute Gasteiger partial charge is 0.256 e. The monoisotopic (exact) mass is 405 g/mol. The Morgan fingerprint density at radius 2 is 2.00 bits per heavy atom. The first kappa shape index (κ1) is 18.2. The zero-order valence-corrected chi connectivity index (χ0v) is 17.8. The molecule has 1 aromatic heterocycles. The number of anilines is 1. The normalized spacial score (nSPS) is 26.5. The van der Waals surface area contributed by atoms with E-state index >= 15 is 0 Å². The highest BCUT2D eigenvalue weighted by Gasteiger charge is 2.52. The second-order valence-electron chi connectivity index (χ2n) is 9.20. The second-order valence-corrected chi connectivity index (χ2v) is 9.20. The third kappa shape index (κ3) is 2.66. The molecule has 1 amide bonds. The molecule has 1 aliphatic carbocycles. The number of hydrogen-bond donors (Lipinski definition) is 0. The number of carbonyl (C=O) groups is 1. The molecule has 6 heteroatoms. The number of fused-ring (bicyclic) bond motifs is 3. The number of amides is 1. The number of ether oxygens (including phenoxy) is 2. The number of pyridine rings is 1. The summed E-state index contributed by atoms with van der Waals surface area (Å²) in [6.45, 7) is 7.13. The fraction of sp³-hybridized carbons (Fsp3) is 0.500. The van der Waals surface area contributed by atoms with Crippen LogP contribution < -0.4 is 9.64 Å². The summed E-state index contributed by atoms with van der Waals surface area (Å²) >= 11 is 0. The molecular formula is C24H27N3O3. The first-order chi connectivity index (χ1) is 14.5. The van der Waals surface area contributed by atoms with E-state index in [4.69, 9.17) is 14.5 Å². The molecule has 1 saturated carbocycles. The van der Waals surface area contributed by atoms with Crippen molar-refractivity contribution in [2.75, 3.05) is 18.5 Å². The van der Waals surface area contributed by atoms with Gasteiger partial charge in [-0.25, -0.2) is 4.98 Å². The lowest BCUT2D eigenvalue weighted by Gasteiger charge is -2.34. The Kier molecular flexibility index (Phi) is 3.91. The number of hydrogen-bond acceptors (Lipinski definition) is 5. The van der Waals surface area contributed by atoms with Crippen LogP contribution in [0.2, 0.25) is 0 Å². The van der Waals surface area contributed by atoms with Gasteiger partial charge in [-0.1, -0.05) is 6.07 Å². The molecule has 2 fully saturated rings. The van der Waals surface area contributed by atoms with Gasteiger partial charge < -0.3 is 19.3 Å². The molecule has 0 spiro atoms. The summed E-state index contributed by atoms with van der Waals surface area (Å²) in [6.07, 6.45) is 2.40. The molecule has 1 aromatic carbocycles. The SMILES string of the molecule is Cc1c(N2CCC(Oc3ccc4c(c3)COC4)C3CC32)nc2c(c1C)C(=O)N(C)C2. The van der Waals surface area contributed by atoms with Crippen LogP contribution in [-0.2, 0) is 24.5 Å². The van der Waals surface area contributed by atoms with Gasteiger partial charge in [-0.2, -0.15) is 0 Å². The molecule has 0 radical (unpaired) electrons. The topological polar surface area (TPSA) is 54.9 Å². The molecule has 30 heavy (non-hydrogen) atoms. The van der Waals surface area contributed by atoms with E-state index in [1.807, 2.05) is 7.05 Å². The average molecular weight is 405 g/mol. The van der Waals surface area contributed by atoms with Crippen LogP contribution in [0.5, 0.6) is 5.75 Å². The Bertz CT molecular complexity index is 1070. The molecule has 156 valence electrons. The van der Waals surface area contributed by atoms with E-state index in [1.54, 1.807) is 4.90 Å². The molecule has 1 saturated heterocycles. The van der Waals surface area contributed by atoms with Gasteiger partial charge in [0.15, 0.2) is 0 Å². The summed E-state index contributed by atoms with van der Waals surface area (Å²) in [5.74, 6) is 2.67. The van der Waals surface area contributed by atoms with Crippen LogP contribution in [0.25, 0.3) is 0 Å². The van der Waals surface area contributed by atoms with Gasteiger partial charge in [0.2, 0.25) is 0 Å². The van der Waals surface area contributed by atoms with Crippen molar-refractivity contribution in [3.8, 4) is 5.75 Å². The minimum absolute atomic E-state index is 0.0980. The summed E-state index contributed by atoms with van der Waals surface area (Å²) in [5, 5.41) is 0. The van der Waals surface area contributed by atoms with E-state index in [-0.39, 0.29) is 12.0 Å². The number of rotatable bonds is 3. The summed E-state index contributed by atoms with van der Waals surface area (Å²) < 4.78 is 11.9. The Morgan fingerprint density at radius 1 is 1.17 bits per heavy atom. The van der Waals surface area contributed by atoms with Crippen molar-refractivity contribution in [3.05, 3.63) is 51.7 Å². The van der Waals surface area contributed by atoms with Gasteiger partial charge >= 0.3 is 0 Å². The van der Waals surface area contributed by atoms with Gasteiger partial charge in [0.1, 0.15) is 17.7 Å². The van der Waals surface area contributed by atoms with Crippen molar-refractivity contribution in [1.29, 1.82) is 0 Å². The van der Waals surface area contributed by atoms with E-state index in [1.165, 1.54) is 11.1 Å². The van der Waals surface area contributed by atoms with E-state index < -0.39 is 0 Å². The molecule has 4 aliphatic rings. The Labute approximate surface area is 176 Å². The van der Waals surface area contributed by atoms with Crippen LogP contribution in [0.15, 0.2) is 18.2 Å². The first-order valence-corrected chi connectivity index (χ1v) is 10.9. The molecule has 2 aromatic rings. The van der Waals surface area contributed by atoms with Gasteiger partial charge in [-0.15, -0.1) is 0 Å². The highest BCUT2D eigenvalue weighted by molar-refractivity contribution is 5.99. The molecule has 3 atom stereocenters. The molecule has 4 heterocycles. The zero-order valence-electron chi connectivity index (χ0n) is 17.8. The van der Waals surface area contributed by atoms with E-state index in [0.717, 1.165) is 53.3 Å². The van der Waals surface area contributed by atoms with Gasteiger partial charge in [-0.3, -0.25) is 4.79 Å². The maximum atomic E-state index is 12.5. The molecule has 0 N–H and O–H groups in total. The predicted octanol–water partition coefficient (Wildman–Crippen LogP) is 3.36. The van der Waals surface area contributed by atoms with Crippen molar-refractivity contribution in [1.82, 2.24) is 9.88 Å². The molecular weight excluding hydrogens is 378 g/mol. The van der Waals surface area contributed by atoms with Gasteiger partial charge in [0.25, 0.3) is 5.91 Å². The largest absolute Gasteiger partial charge is 0.490 e. The Balaban J connectivity index is 1.21. The predicted molar refractivity (Wildman–Crippen MR) is 113 cm³/mol. The minimum Gasteiger partial charge on any atom is -0.490 e. The summed E-state index contributed by atoms with van der Waals surface area (Å²) in [5.41, 5.74) is 6.49. The van der Waals surface area contributed by atoms with Crippen LogP contribution in [0.1, 0.15) is 51.1 Å². The lowest BCUT2D eigenvalue weighted by Crippen LogP contribution is -2.40. The first-order valence-electron chi connectivity index (χ1n) is 10.9. The van der Waals surface area contributed by atoms with Crippen molar-refractivity contribution in [2.24, 2.45) is 5.92 Å². The van der Waals surface area contributed by atoms with Gasteiger partial charge in [0.05, 0.1) is 31.0 Å². The molecule has 3 aliphatic heterocycles. The standard InChI is InChI=1S/C24H27N3O3/c1-13-14(2)23(25-19-10-26(3)24(28)22(13)19)27-7-6-21(18-9-20(18)27)30-17-5-4-15-11-29-12-16(15)8-17/h4-5,8,18,20-21H,6-7,9-12H2,1-3H3. The maximum Gasteiger partial charge on any atom is 0.256 e. The highest BCUT2D eigenvalue weighted by Crippen LogP contribution is 2.47. The highest BCUT2D eigenvalue weighted by atomic mass is 16.5. The lowest BCUT2D eigenvalue weighted by atomic mass is 10.0. The van der Waals surface area contributed by atoms with Crippen LogP contribution in [0.3, 0.4) is 0 Å². The Morgan fingerprint density at radius 3 is 2.87 bits per heavy atom. The zero-order chi connectivity index (χ0) is 20.6. The third-order valence-electron chi connectivity index (χ3n) is 7.34. The van der Waals surface area contributed by atoms with Gasteiger partial charge in [-0.05, 0) is 54.7 Å². The molecule has 0 bridgehead atoms. The minimum atomic E-state index is 0.0980. The molecule has 6 nitrogen and oxygen atoms in total. The van der Waals surface area contributed by atoms with Crippen LogP contribution in [0.4, 0.5) is 5.82 Å². The van der Waals surface area contributed by atoms with Crippen molar-refractivity contribution < 1.29 is 14.3 Å². The molecule has 3 unspecified atom stereocenters. The second kappa shape index (κ2) is 6.45. The number of carbonyl (C=O) groups excluding carboxylic acids is 1. The van der Waals surface area contributed by atoms with Crippen molar-refractivity contribution in [3.63, 3.8) is 0 Å². The molecule has 6 rings (SSSR count). The Hall–Kier alpha value is -2.60. The van der Waals surface area contributed by atoms with E-state index in [2.05, 4.69) is 36.9 Å². The fourth-order valence-corrected chi connectivity index (χ4v) is 5.41. The average Bonchev–Trinajstić information content (AvgIpc) is 3.32. The quantitative estimate of drug-likeness (QED) is 0.784. The van der Waals surface area contributed by atoms with Crippen LogP contribution in [-0.4, -0.2) is 41.5 Å². The summed E-state index contributed by atoms with van der Waals surface area (Å²) in [7, 11) is 1.85. The number of aromatic nitrogens is 1. The van der Waals surface area contributed by atoms with E-state index in [0.29, 0.717) is 31.7 Å². The number of piperidine rings is 1. The maximum absolute atomic E-state index is 12.5. The third-order valence-corrected chi connectivity index (χ3v) is 7.34. The van der Waals surface area contributed by atoms with Crippen LogP contribution >= 0.6 is 0 Å². The van der Waals surface area contributed by atoms with Crippen molar-refractivity contribution in [2.45, 2.75) is 58.6 Å². The summed E-state index contributed by atoms with van der Waals surface area (Å²) in [6, 6.07) is 6.85. The summed E-state index contributed by atoms with van der Waals surface area (Å²) in [4.78, 5) is 21.7. The fourth-order valence-electron chi connectivity index (χ4n) is 5.41. The van der Waals surface area contributed by atoms with E-state index in [9.17, 15) is 4.79 Å². The lowest BCUT2D eigenvalue weighted by molar-refractivity contribution is 0.0815.